The van der Waals surface area contributed by atoms with Crippen molar-refractivity contribution in [2.45, 2.75) is 0 Å². The normalized spacial score (nSPS) is 10.2. The summed E-state index contributed by atoms with van der Waals surface area (Å²) < 4.78 is 18.0. The van der Waals surface area contributed by atoms with Crippen LogP contribution in [0.2, 0.25) is 5.02 Å². The maximum atomic E-state index is 13.0. The highest BCUT2D eigenvalue weighted by molar-refractivity contribution is 6.31. The first kappa shape index (κ1) is 19.4. The highest BCUT2D eigenvalue weighted by atomic mass is 35.5. The van der Waals surface area contributed by atoms with E-state index in [0.29, 0.717) is 0 Å². The fourth-order valence-corrected chi connectivity index (χ4v) is 2.16. The second-order valence-corrected chi connectivity index (χ2v) is 5.53. The molecule has 0 aliphatic carbocycles. The van der Waals surface area contributed by atoms with Crippen molar-refractivity contribution in [3.05, 3.63) is 58.9 Å². The molecule has 0 saturated carbocycles. The second kappa shape index (κ2) is 8.93. The summed E-state index contributed by atoms with van der Waals surface area (Å²) in [5.74, 6) is -2.96. The van der Waals surface area contributed by atoms with E-state index in [0.717, 1.165) is 6.07 Å². The van der Waals surface area contributed by atoms with Crippen molar-refractivity contribution < 1.29 is 28.6 Å². The summed E-state index contributed by atoms with van der Waals surface area (Å²) in [6.07, 6.45) is 0. The third-order valence-electron chi connectivity index (χ3n) is 3.06. The van der Waals surface area contributed by atoms with Gasteiger partial charge in [-0.15, -0.1) is 0 Å². The van der Waals surface area contributed by atoms with Gasteiger partial charge in [-0.3, -0.25) is 9.59 Å². The molecule has 2 aromatic rings. The fraction of sp³-hybridized carbons (Fsp3) is 0.118. The van der Waals surface area contributed by atoms with Crippen LogP contribution in [0.25, 0.3) is 0 Å². The Balaban J connectivity index is 1.82. The summed E-state index contributed by atoms with van der Waals surface area (Å²) in [6.45, 7) is -0.908. The van der Waals surface area contributed by atoms with E-state index in [2.05, 4.69) is 10.6 Å². The number of hydrogen-bond acceptors (Lipinski definition) is 4. The summed E-state index contributed by atoms with van der Waals surface area (Å²) in [4.78, 5) is 34.6. The third kappa shape index (κ3) is 5.83. The molecular weight excluding hydrogens is 367 g/mol. The maximum Gasteiger partial charge on any atom is 0.337 e. The van der Waals surface area contributed by atoms with Crippen LogP contribution < -0.4 is 10.6 Å². The number of nitrogens with one attached hydrogen (secondary N) is 2. The number of ether oxygens (including phenoxy) is 1. The van der Waals surface area contributed by atoms with Gasteiger partial charge in [0.2, 0.25) is 11.8 Å². The van der Waals surface area contributed by atoms with Gasteiger partial charge in [0.25, 0.3) is 0 Å². The van der Waals surface area contributed by atoms with E-state index in [1.165, 1.54) is 36.4 Å². The van der Waals surface area contributed by atoms with Crippen LogP contribution in [-0.4, -0.2) is 36.1 Å². The molecule has 0 unspecified atom stereocenters. The molecule has 0 saturated heterocycles. The van der Waals surface area contributed by atoms with Crippen LogP contribution in [0.15, 0.2) is 42.5 Å². The molecule has 0 aliphatic rings. The van der Waals surface area contributed by atoms with Gasteiger partial charge in [-0.1, -0.05) is 17.7 Å². The molecule has 0 aromatic heterocycles. The van der Waals surface area contributed by atoms with E-state index in [1.807, 2.05) is 0 Å². The molecule has 0 spiro atoms. The zero-order chi connectivity index (χ0) is 19.1. The smallest absolute Gasteiger partial charge is 0.337 e. The fourth-order valence-electron chi connectivity index (χ4n) is 1.99. The average molecular weight is 381 g/mol. The van der Waals surface area contributed by atoms with Gasteiger partial charge < -0.3 is 20.5 Å². The van der Waals surface area contributed by atoms with Gasteiger partial charge in [0.05, 0.1) is 11.3 Å². The number of amides is 2. The Bertz CT molecular complexity index is 844. The first-order chi connectivity index (χ1) is 12.3. The number of carboxylic acids is 1. The number of rotatable bonds is 7. The summed E-state index contributed by atoms with van der Waals surface area (Å²) in [7, 11) is 0. The molecule has 3 N–H and O–H groups in total. The van der Waals surface area contributed by atoms with Crippen molar-refractivity contribution in [2.75, 3.05) is 23.8 Å². The number of hydrogen-bond donors (Lipinski definition) is 3. The lowest BCUT2D eigenvalue weighted by Crippen LogP contribution is -2.24. The highest BCUT2D eigenvalue weighted by Gasteiger charge is 2.13. The lowest BCUT2D eigenvalue weighted by molar-refractivity contribution is -0.125. The van der Waals surface area contributed by atoms with Crippen molar-refractivity contribution in [1.82, 2.24) is 0 Å². The van der Waals surface area contributed by atoms with Crippen LogP contribution >= 0.6 is 11.6 Å². The third-order valence-corrected chi connectivity index (χ3v) is 3.30. The molecular formula is C17H14ClFN2O5. The molecule has 0 bridgehead atoms. The van der Waals surface area contributed by atoms with Gasteiger partial charge in [0, 0.05) is 10.7 Å². The lowest BCUT2D eigenvalue weighted by Gasteiger charge is -2.09. The Kier molecular flexibility index (Phi) is 6.65. The lowest BCUT2D eigenvalue weighted by atomic mass is 10.2. The Hall–Kier alpha value is -2.97. The van der Waals surface area contributed by atoms with Crippen molar-refractivity contribution in [1.29, 1.82) is 0 Å². The van der Waals surface area contributed by atoms with Gasteiger partial charge in [-0.25, -0.2) is 9.18 Å². The van der Waals surface area contributed by atoms with Crippen molar-refractivity contribution >= 4 is 40.8 Å². The number of carbonyl (C=O) groups is 3. The van der Waals surface area contributed by atoms with Gasteiger partial charge in [0.1, 0.15) is 19.0 Å². The van der Waals surface area contributed by atoms with Crippen LogP contribution in [0.3, 0.4) is 0 Å². The molecule has 2 aromatic carbocycles. The minimum atomic E-state index is -1.25. The van der Waals surface area contributed by atoms with Crippen LogP contribution in [0.1, 0.15) is 10.4 Å². The summed E-state index contributed by atoms with van der Waals surface area (Å²) >= 11 is 5.72. The molecule has 26 heavy (non-hydrogen) atoms. The minimum absolute atomic E-state index is 0.0553. The number of carboxylic acid groups (broad SMARTS) is 1. The number of benzene rings is 2. The number of carbonyl (C=O) groups excluding carboxylic acids is 2. The van der Waals surface area contributed by atoms with E-state index < -0.39 is 36.8 Å². The van der Waals surface area contributed by atoms with Crippen LogP contribution in [0.5, 0.6) is 0 Å². The van der Waals surface area contributed by atoms with E-state index >= 15 is 0 Å². The van der Waals surface area contributed by atoms with Gasteiger partial charge in [0.15, 0.2) is 0 Å². The number of aromatic carboxylic acids is 1. The van der Waals surface area contributed by atoms with Crippen molar-refractivity contribution in [3.8, 4) is 0 Å². The zero-order valence-corrected chi connectivity index (χ0v) is 14.0. The molecule has 0 atom stereocenters. The minimum Gasteiger partial charge on any atom is -0.478 e. The maximum absolute atomic E-state index is 13.0. The SMILES string of the molecule is O=C(COCC(=O)Nc1ccc(Cl)cc1C(=O)O)Nc1cccc(F)c1. The zero-order valence-electron chi connectivity index (χ0n) is 13.3. The Morgan fingerprint density at radius 3 is 2.38 bits per heavy atom. The van der Waals surface area contributed by atoms with E-state index in [1.54, 1.807) is 0 Å². The molecule has 7 nitrogen and oxygen atoms in total. The molecule has 0 heterocycles. The predicted molar refractivity (Wildman–Crippen MR) is 92.9 cm³/mol. The van der Waals surface area contributed by atoms with Gasteiger partial charge in [-0.2, -0.15) is 0 Å². The Morgan fingerprint density at radius 2 is 1.73 bits per heavy atom. The second-order valence-electron chi connectivity index (χ2n) is 5.09. The summed E-state index contributed by atoms with van der Waals surface area (Å²) in [5, 5.41) is 14.1. The average Bonchev–Trinajstić information content (AvgIpc) is 2.56. The first-order valence-electron chi connectivity index (χ1n) is 7.31. The van der Waals surface area contributed by atoms with Crippen LogP contribution in [0, 0.1) is 5.82 Å². The van der Waals surface area contributed by atoms with E-state index in [-0.39, 0.29) is 22.0 Å². The van der Waals surface area contributed by atoms with E-state index in [9.17, 15) is 18.8 Å². The van der Waals surface area contributed by atoms with Crippen molar-refractivity contribution in [2.24, 2.45) is 0 Å². The topological polar surface area (TPSA) is 105 Å². The summed E-state index contributed by atoms with van der Waals surface area (Å²) in [5.41, 5.74) is 0.143. The molecule has 2 rings (SSSR count). The number of halogens is 2. The molecule has 136 valence electrons. The molecule has 2 amide bonds. The van der Waals surface area contributed by atoms with Crippen LogP contribution in [0.4, 0.5) is 15.8 Å². The number of anilines is 2. The quantitative estimate of drug-likeness (QED) is 0.685. The predicted octanol–water partition coefficient (Wildman–Crippen LogP) is 2.77. The summed E-state index contributed by atoms with van der Waals surface area (Å²) in [6, 6.07) is 9.29. The molecule has 9 heteroatoms. The van der Waals surface area contributed by atoms with Gasteiger partial charge in [-0.05, 0) is 36.4 Å². The largest absolute Gasteiger partial charge is 0.478 e. The van der Waals surface area contributed by atoms with E-state index in [4.69, 9.17) is 21.4 Å². The molecule has 0 fully saturated rings. The molecule has 0 aliphatic heterocycles. The highest BCUT2D eigenvalue weighted by Crippen LogP contribution is 2.20. The van der Waals surface area contributed by atoms with Crippen LogP contribution in [-0.2, 0) is 14.3 Å². The monoisotopic (exact) mass is 380 g/mol. The Morgan fingerprint density at radius 1 is 1.04 bits per heavy atom. The Labute approximate surface area is 152 Å². The standard InChI is InChI=1S/C17H14ClFN2O5/c18-10-4-5-14(13(6-10)17(24)25)21-16(23)9-26-8-15(22)20-12-3-1-2-11(19)7-12/h1-7H,8-9H2,(H,20,22)(H,21,23)(H,24,25). The van der Waals surface area contributed by atoms with Gasteiger partial charge >= 0.3 is 5.97 Å². The van der Waals surface area contributed by atoms with Crippen molar-refractivity contribution in [3.63, 3.8) is 0 Å². The molecule has 0 radical (unpaired) electrons. The first-order valence-corrected chi connectivity index (χ1v) is 7.69.